The molecule has 6 heteroatoms. The van der Waals surface area contributed by atoms with Gasteiger partial charge in [0.2, 0.25) is 0 Å². The molecule has 1 aliphatic heterocycles. The lowest BCUT2D eigenvalue weighted by Crippen LogP contribution is -2.49. The highest BCUT2D eigenvalue weighted by Crippen LogP contribution is 2.22. The van der Waals surface area contributed by atoms with Gasteiger partial charge in [0, 0.05) is 26.7 Å². The van der Waals surface area contributed by atoms with Crippen LogP contribution in [0.4, 0.5) is 4.79 Å². The number of carbonyl (C=O) groups is 2. The molecule has 1 aliphatic rings. The van der Waals surface area contributed by atoms with E-state index >= 15 is 0 Å². The number of aliphatic carboxylic acids is 1. The van der Waals surface area contributed by atoms with Gasteiger partial charge in [-0.1, -0.05) is 19.8 Å². The Labute approximate surface area is 120 Å². The molecule has 1 N–H and O–H groups in total. The van der Waals surface area contributed by atoms with Gasteiger partial charge < -0.3 is 19.6 Å². The molecule has 0 aromatic carbocycles. The Morgan fingerprint density at radius 2 is 2.00 bits per heavy atom. The van der Waals surface area contributed by atoms with E-state index in [0.717, 1.165) is 25.9 Å². The Kier molecular flexibility index (Phi) is 7.36. The molecule has 0 radical (unpaired) electrons. The number of hydrogen-bond donors (Lipinski definition) is 1. The average molecular weight is 286 g/mol. The minimum absolute atomic E-state index is 0.181. The van der Waals surface area contributed by atoms with E-state index in [-0.39, 0.29) is 12.6 Å². The predicted octanol–water partition coefficient (Wildman–Crippen LogP) is 1.65. The third kappa shape index (κ3) is 5.36. The second kappa shape index (κ2) is 8.79. The molecule has 0 atom stereocenters. The largest absolute Gasteiger partial charge is 0.480 e. The molecule has 20 heavy (non-hydrogen) atoms. The van der Waals surface area contributed by atoms with Crippen LogP contribution in [0.15, 0.2) is 0 Å². The quantitative estimate of drug-likeness (QED) is 0.772. The minimum atomic E-state index is -0.990. The molecule has 1 saturated heterocycles. The maximum atomic E-state index is 12.3. The average Bonchev–Trinajstić information content (AvgIpc) is 2.43. The topological polar surface area (TPSA) is 70.1 Å². The third-order valence-corrected chi connectivity index (χ3v) is 3.74. The second-order valence-electron chi connectivity index (χ2n) is 5.31. The summed E-state index contributed by atoms with van der Waals surface area (Å²) in [6.07, 6.45) is 4.43. The van der Waals surface area contributed by atoms with Crippen molar-refractivity contribution in [2.75, 3.05) is 39.9 Å². The molecule has 0 unspecified atom stereocenters. The Morgan fingerprint density at radius 3 is 2.50 bits per heavy atom. The lowest BCUT2D eigenvalue weighted by molar-refractivity contribution is -0.137. The van der Waals surface area contributed by atoms with Crippen LogP contribution in [0.1, 0.15) is 32.6 Å². The van der Waals surface area contributed by atoms with Crippen molar-refractivity contribution in [3.8, 4) is 0 Å². The van der Waals surface area contributed by atoms with Gasteiger partial charge in [0.15, 0.2) is 0 Å². The van der Waals surface area contributed by atoms with Crippen molar-refractivity contribution < 1.29 is 19.4 Å². The summed E-state index contributed by atoms with van der Waals surface area (Å²) in [5.74, 6) is -0.286. The fourth-order valence-electron chi connectivity index (χ4n) is 2.63. The number of rotatable bonds is 7. The van der Waals surface area contributed by atoms with E-state index < -0.39 is 5.97 Å². The number of carbonyl (C=O) groups excluding carboxylic acids is 1. The van der Waals surface area contributed by atoms with Crippen LogP contribution in [0.3, 0.4) is 0 Å². The zero-order valence-corrected chi connectivity index (χ0v) is 12.5. The number of ether oxygens (including phenoxy) is 1. The van der Waals surface area contributed by atoms with Crippen LogP contribution in [-0.2, 0) is 9.53 Å². The first kappa shape index (κ1) is 16.8. The number of methoxy groups -OCH3 is 1. The van der Waals surface area contributed by atoms with Crippen molar-refractivity contribution in [2.45, 2.75) is 32.6 Å². The first-order chi connectivity index (χ1) is 9.58. The van der Waals surface area contributed by atoms with Crippen LogP contribution in [0.2, 0.25) is 0 Å². The molecule has 0 bridgehead atoms. The smallest absolute Gasteiger partial charge is 0.323 e. The molecule has 0 spiro atoms. The van der Waals surface area contributed by atoms with Crippen LogP contribution in [-0.4, -0.2) is 66.8 Å². The molecule has 0 aromatic rings. The molecule has 0 saturated carbocycles. The lowest BCUT2D eigenvalue weighted by Gasteiger charge is -2.35. The highest BCUT2D eigenvalue weighted by molar-refractivity contribution is 5.80. The first-order valence-corrected chi connectivity index (χ1v) is 7.33. The summed E-state index contributed by atoms with van der Waals surface area (Å²) in [4.78, 5) is 26.3. The number of urea groups is 1. The molecule has 0 aliphatic carbocycles. The van der Waals surface area contributed by atoms with E-state index in [0.29, 0.717) is 19.1 Å². The summed E-state index contributed by atoms with van der Waals surface area (Å²) in [7, 11) is 1.54. The van der Waals surface area contributed by atoms with Crippen LogP contribution in [0.5, 0.6) is 0 Å². The normalized spacial score (nSPS) is 16.2. The van der Waals surface area contributed by atoms with Gasteiger partial charge in [-0.3, -0.25) is 4.79 Å². The van der Waals surface area contributed by atoms with E-state index in [4.69, 9.17) is 9.84 Å². The standard InChI is InChI=1S/C14H26N2O4/c1-3-4-12-5-7-15(8-6-12)14(19)16(9-10-20-2)11-13(17)18/h12H,3-11H2,1-2H3,(H,17,18). The van der Waals surface area contributed by atoms with Gasteiger partial charge in [-0.2, -0.15) is 0 Å². The van der Waals surface area contributed by atoms with Crippen LogP contribution < -0.4 is 0 Å². The molecule has 1 heterocycles. The van der Waals surface area contributed by atoms with Crippen molar-refractivity contribution in [3.63, 3.8) is 0 Å². The summed E-state index contributed by atoms with van der Waals surface area (Å²) in [5.41, 5.74) is 0. The number of piperidine rings is 1. The molecular weight excluding hydrogens is 260 g/mol. The number of carboxylic acid groups (broad SMARTS) is 1. The number of likely N-dealkylation sites (tertiary alicyclic amines) is 1. The van der Waals surface area contributed by atoms with Gasteiger partial charge in [-0.05, 0) is 18.8 Å². The van der Waals surface area contributed by atoms with Crippen molar-refractivity contribution >= 4 is 12.0 Å². The summed E-state index contributed by atoms with van der Waals surface area (Å²) < 4.78 is 4.94. The van der Waals surface area contributed by atoms with Gasteiger partial charge in [-0.15, -0.1) is 0 Å². The van der Waals surface area contributed by atoms with E-state index in [1.165, 1.54) is 17.7 Å². The SMILES string of the molecule is CCCC1CCN(C(=O)N(CCOC)CC(=O)O)CC1. The Balaban J connectivity index is 2.50. The van der Waals surface area contributed by atoms with Gasteiger partial charge in [-0.25, -0.2) is 4.79 Å². The van der Waals surface area contributed by atoms with Gasteiger partial charge >= 0.3 is 12.0 Å². The highest BCUT2D eigenvalue weighted by Gasteiger charge is 2.26. The number of amides is 2. The Morgan fingerprint density at radius 1 is 1.35 bits per heavy atom. The first-order valence-electron chi connectivity index (χ1n) is 7.33. The molecule has 1 rings (SSSR count). The minimum Gasteiger partial charge on any atom is -0.480 e. The molecule has 2 amide bonds. The van der Waals surface area contributed by atoms with E-state index in [1.54, 1.807) is 12.0 Å². The fraction of sp³-hybridized carbons (Fsp3) is 0.857. The summed E-state index contributed by atoms with van der Waals surface area (Å²) in [6, 6.07) is -0.181. The van der Waals surface area contributed by atoms with E-state index in [2.05, 4.69) is 6.92 Å². The Bertz CT molecular complexity index is 314. The van der Waals surface area contributed by atoms with Crippen molar-refractivity contribution in [2.24, 2.45) is 5.92 Å². The summed E-state index contributed by atoms with van der Waals surface area (Å²) in [6.45, 7) is 4.04. The lowest BCUT2D eigenvalue weighted by atomic mass is 9.93. The van der Waals surface area contributed by atoms with Crippen molar-refractivity contribution in [1.29, 1.82) is 0 Å². The maximum absolute atomic E-state index is 12.3. The number of hydrogen-bond acceptors (Lipinski definition) is 3. The van der Waals surface area contributed by atoms with Crippen LogP contribution in [0.25, 0.3) is 0 Å². The summed E-state index contributed by atoms with van der Waals surface area (Å²) >= 11 is 0. The van der Waals surface area contributed by atoms with Gasteiger partial charge in [0.1, 0.15) is 6.54 Å². The van der Waals surface area contributed by atoms with E-state index in [1.807, 2.05) is 0 Å². The van der Waals surface area contributed by atoms with Crippen molar-refractivity contribution in [1.82, 2.24) is 9.80 Å². The number of nitrogens with zero attached hydrogens (tertiary/aromatic N) is 2. The van der Waals surface area contributed by atoms with Crippen LogP contribution in [0, 0.1) is 5.92 Å². The summed E-state index contributed by atoms with van der Waals surface area (Å²) in [5, 5.41) is 8.89. The predicted molar refractivity (Wildman–Crippen MR) is 75.7 cm³/mol. The van der Waals surface area contributed by atoms with Gasteiger partial charge in [0.05, 0.1) is 6.61 Å². The van der Waals surface area contributed by atoms with E-state index in [9.17, 15) is 9.59 Å². The molecule has 1 fully saturated rings. The molecular formula is C14H26N2O4. The zero-order valence-electron chi connectivity index (χ0n) is 12.5. The van der Waals surface area contributed by atoms with Crippen molar-refractivity contribution in [3.05, 3.63) is 0 Å². The van der Waals surface area contributed by atoms with Crippen LogP contribution >= 0.6 is 0 Å². The Hall–Kier alpha value is -1.30. The third-order valence-electron chi connectivity index (χ3n) is 3.74. The number of carboxylic acids is 1. The molecule has 0 aromatic heterocycles. The molecule has 6 nitrogen and oxygen atoms in total. The maximum Gasteiger partial charge on any atom is 0.323 e. The fourth-order valence-corrected chi connectivity index (χ4v) is 2.63. The zero-order chi connectivity index (χ0) is 15.0. The van der Waals surface area contributed by atoms with Gasteiger partial charge in [0.25, 0.3) is 0 Å². The second-order valence-corrected chi connectivity index (χ2v) is 5.31. The molecule has 116 valence electrons. The monoisotopic (exact) mass is 286 g/mol. The highest BCUT2D eigenvalue weighted by atomic mass is 16.5.